The second-order valence-electron chi connectivity index (χ2n) is 8.88. The van der Waals surface area contributed by atoms with Gasteiger partial charge < -0.3 is 20.6 Å². The number of alkyl halides is 3. The number of carboxylic acids is 1. The third kappa shape index (κ3) is 5.39. The summed E-state index contributed by atoms with van der Waals surface area (Å²) in [5.41, 5.74) is 1.01. The number of aryl methyl sites for hydroxylation is 2. The van der Waals surface area contributed by atoms with Crippen molar-refractivity contribution >= 4 is 29.4 Å². The predicted molar refractivity (Wildman–Crippen MR) is 121 cm³/mol. The molecule has 2 heterocycles. The highest BCUT2D eigenvalue weighted by Gasteiger charge is 2.35. The maximum absolute atomic E-state index is 13.0. The highest BCUT2D eigenvalue weighted by molar-refractivity contribution is 5.99. The van der Waals surface area contributed by atoms with Gasteiger partial charge in [0, 0.05) is 17.9 Å². The lowest BCUT2D eigenvalue weighted by atomic mass is 9.87. The smallest absolute Gasteiger partial charge is 0.416 e. The van der Waals surface area contributed by atoms with Crippen molar-refractivity contribution in [2.24, 2.45) is 5.92 Å². The van der Waals surface area contributed by atoms with Crippen molar-refractivity contribution < 1.29 is 32.7 Å². The number of fused-ring (bicyclic) bond motifs is 1. The van der Waals surface area contributed by atoms with E-state index >= 15 is 0 Å². The molecule has 1 saturated heterocycles. The number of aliphatic carboxylic acids is 1. The number of likely N-dealkylation sites (tertiary alicyclic amines) is 1. The molecule has 8 nitrogen and oxygen atoms in total. The molecule has 186 valence electrons. The van der Waals surface area contributed by atoms with E-state index in [1.807, 2.05) is 0 Å². The van der Waals surface area contributed by atoms with Crippen LogP contribution in [0.3, 0.4) is 0 Å². The number of nitrogens with zero attached hydrogens (tertiary/aromatic N) is 2. The number of urea groups is 1. The minimum atomic E-state index is -4.48. The highest BCUT2D eigenvalue weighted by Crippen LogP contribution is 2.33. The number of nitrogens with one attached hydrogen (secondary N) is 2. The van der Waals surface area contributed by atoms with Crippen LogP contribution in [0, 0.1) is 12.8 Å². The van der Waals surface area contributed by atoms with Crippen LogP contribution in [0.25, 0.3) is 0 Å². The van der Waals surface area contributed by atoms with Gasteiger partial charge in [-0.3, -0.25) is 9.59 Å². The average molecular weight is 490 g/mol. The maximum atomic E-state index is 13.0. The molecule has 1 aromatic carbocycles. The molecule has 3 N–H and O–H groups in total. The highest BCUT2D eigenvalue weighted by atomic mass is 19.4. The molecule has 2 aromatic rings. The summed E-state index contributed by atoms with van der Waals surface area (Å²) in [7, 11) is 0. The predicted octanol–water partition coefficient (Wildman–Crippen LogP) is 4.23. The second-order valence-corrected chi connectivity index (χ2v) is 8.88. The molecular formula is C24H25F3N4O4. The Morgan fingerprint density at radius 1 is 1.11 bits per heavy atom. The monoisotopic (exact) mass is 490 g/mol. The number of hydrogen-bond donors (Lipinski definition) is 3. The molecule has 2 atom stereocenters. The number of pyridine rings is 1. The number of carbonyl (C=O) groups excluding carboxylic acids is 2. The van der Waals surface area contributed by atoms with Crippen molar-refractivity contribution in [3.8, 4) is 0 Å². The summed E-state index contributed by atoms with van der Waals surface area (Å²) in [5, 5.41) is 14.5. The van der Waals surface area contributed by atoms with E-state index in [-0.39, 0.29) is 11.3 Å². The van der Waals surface area contributed by atoms with Crippen LogP contribution in [0.15, 0.2) is 30.3 Å². The molecule has 0 saturated carbocycles. The van der Waals surface area contributed by atoms with E-state index in [0.29, 0.717) is 44.5 Å². The van der Waals surface area contributed by atoms with Gasteiger partial charge in [0.05, 0.1) is 11.5 Å². The number of aromatic nitrogens is 1. The molecule has 1 aliphatic heterocycles. The lowest BCUT2D eigenvalue weighted by molar-refractivity contribution is -0.142. The Morgan fingerprint density at radius 3 is 2.57 bits per heavy atom. The number of amides is 3. The van der Waals surface area contributed by atoms with Crippen molar-refractivity contribution in [2.75, 3.05) is 17.2 Å². The largest absolute Gasteiger partial charge is 0.481 e. The first kappa shape index (κ1) is 24.5. The van der Waals surface area contributed by atoms with Crippen molar-refractivity contribution in [1.29, 1.82) is 0 Å². The molecule has 1 fully saturated rings. The number of hydrogen-bond acceptors (Lipinski definition) is 4. The molecular weight excluding hydrogens is 465 g/mol. The molecule has 11 heteroatoms. The van der Waals surface area contributed by atoms with E-state index in [1.165, 1.54) is 24.0 Å². The van der Waals surface area contributed by atoms with Gasteiger partial charge in [-0.05, 0) is 74.4 Å². The Balaban J connectivity index is 1.41. The van der Waals surface area contributed by atoms with Crippen LogP contribution >= 0.6 is 0 Å². The van der Waals surface area contributed by atoms with Crippen LogP contribution in [-0.4, -0.2) is 45.5 Å². The Kier molecular flexibility index (Phi) is 6.68. The summed E-state index contributed by atoms with van der Waals surface area (Å²) in [5.74, 6) is -1.36. The average Bonchev–Trinajstić information content (AvgIpc) is 3.28. The number of benzene rings is 1. The van der Waals surface area contributed by atoms with Crippen LogP contribution in [0.2, 0.25) is 0 Å². The second kappa shape index (κ2) is 9.55. The number of halogens is 3. The van der Waals surface area contributed by atoms with Crippen molar-refractivity contribution in [3.05, 3.63) is 52.7 Å². The standard InChI is InChI=1S/C24H25F3N4O4/c1-13-11-16(6-7-17(13)24(25,26)27)28-23(35)31-10-2-3-19(31)21(32)30-20-9-5-14-12-15(22(33)34)4-8-18(14)29-20/h5-7,9,11,15,19H,2-4,8,10,12H2,1H3,(H,28,35)(H,33,34)(H,29,30,32)/t15-,19-/m1/s1. The van der Waals surface area contributed by atoms with Gasteiger partial charge in [-0.2, -0.15) is 13.2 Å². The summed E-state index contributed by atoms with van der Waals surface area (Å²) in [6.07, 6.45) is -2.06. The van der Waals surface area contributed by atoms with Gasteiger partial charge >= 0.3 is 18.2 Å². The van der Waals surface area contributed by atoms with Crippen LogP contribution in [0.4, 0.5) is 29.5 Å². The fourth-order valence-corrected chi connectivity index (χ4v) is 4.64. The zero-order valence-corrected chi connectivity index (χ0v) is 19.0. The molecule has 4 rings (SSSR count). The van der Waals surface area contributed by atoms with Gasteiger partial charge in [-0.1, -0.05) is 6.07 Å². The van der Waals surface area contributed by atoms with Gasteiger partial charge in [-0.15, -0.1) is 0 Å². The SMILES string of the molecule is Cc1cc(NC(=O)N2CCC[C@@H]2C(=O)Nc2ccc3c(n2)CC[C@@H](C(=O)O)C3)ccc1C(F)(F)F. The molecule has 35 heavy (non-hydrogen) atoms. The minimum absolute atomic E-state index is 0.0147. The van der Waals surface area contributed by atoms with Gasteiger partial charge in [-0.25, -0.2) is 9.78 Å². The number of carbonyl (C=O) groups is 3. The van der Waals surface area contributed by atoms with Crippen molar-refractivity contribution in [1.82, 2.24) is 9.88 Å². The Bertz CT molecular complexity index is 1170. The quantitative estimate of drug-likeness (QED) is 0.594. The first-order chi connectivity index (χ1) is 16.5. The summed E-state index contributed by atoms with van der Waals surface area (Å²) in [6, 6.07) is 5.41. The van der Waals surface area contributed by atoms with Crippen molar-refractivity contribution in [2.45, 2.75) is 51.2 Å². The molecule has 0 bridgehead atoms. The van der Waals surface area contributed by atoms with Gasteiger partial charge in [0.2, 0.25) is 5.91 Å². The molecule has 3 amide bonds. The maximum Gasteiger partial charge on any atom is 0.416 e. The summed E-state index contributed by atoms with van der Waals surface area (Å²) in [6.45, 7) is 1.65. The molecule has 1 aromatic heterocycles. The van der Waals surface area contributed by atoms with Crippen LogP contribution in [0.1, 0.15) is 41.6 Å². The Hall–Kier alpha value is -3.63. The number of rotatable bonds is 4. The topological polar surface area (TPSA) is 112 Å². The van der Waals surface area contributed by atoms with Gasteiger partial charge in [0.15, 0.2) is 0 Å². The fraction of sp³-hybridized carbons (Fsp3) is 0.417. The third-order valence-electron chi connectivity index (χ3n) is 6.46. The van der Waals surface area contributed by atoms with Gasteiger partial charge in [0.25, 0.3) is 0 Å². The molecule has 1 aliphatic carbocycles. The van der Waals surface area contributed by atoms with E-state index in [1.54, 1.807) is 12.1 Å². The number of carboxylic acid groups (broad SMARTS) is 1. The first-order valence-corrected chi connectivity index (χ1v) is 11.3. The molecule has 2 aliphatic rings. The molecule has 0 spiro atoms. The normalized spacial score (nSPS) is 19.7. The summed E-state index contributed by atoms with van der Waals surface area (Å²) >= 11 is 0. The van der Waals surface area contributed by atoms with Gasteiger partial charge in [0.1, 0.15) is 11.9 Å². The zero-order chi connectivity index (χ0) is 25.3. The first-order valence-electron chi connectivity index (χ1n) is 11.3. The van der Waals surface area contributed by atoms with Crippen LogP contribution < -0.4 is 10.6 Å². The Labute approximate surface area is 199 Å². The minimum Gasteiger partial charge on any atom is -0.481 e. The van der Waals surface area contributed by atoms with E-state index in [4.69, 9.17) is 0 Å². The lowest BCUT2D eigenvalue weighted by Crippen LogP contribution is -2.45. The lowest BCUT2D eigenvalue weighted by Gasteiger charge is -2.25. The van der Waals surface area contributed by atoms with E-state index < -0.39 is 41.6 Å². The van der Waals surface area contributed by atoms with Crippen molar-refractivity contribution in [3.63, 3.8) is 0 Å². The molecule has 0 unspecified atom stereocenters. The number of anilines is 2. The van der Waals surface area contributed by atoms with E-state index in [9.17, 15) is 32.7 Å². The van der Waals surface area contributed by atoms with E-state index in [0.717, 1.165) is 17.3 Å². The fourth-order valence-electron chi connectivity index (χ4n) is 4.64. The Morgan fingerprint density at radius 2 is 1.89 bits per heavy atom. The van der Waals surface area contributed by atoms with E-state index in [2.05, 4.69) is 15.6 Å². The summed E-state index contributed by atoms with van der Waals surface area (Å²) < 4.78 is 38.9. The van der Waals surface area contributed by atoms with Crippen LogP contribution in [0.5, 0.6) is 0 Å². The molecule has 0 radical (unpaired) electrons. The van der Waals surface area contributed by atoms with Crippen LogP contribution in [-0.2, 0) is 28.6 Å². The summed E-state index contributed by atoms with van der Waals surface area (Å²) in [4.78, 5) is 42.8. The zero-order valence-electron chi connectivity index (χ0n) is 19.0. The third-order valence-corrected chi connectivity index (χ3v) is 6.46.